The number of nitrogens with zero attached hydrogens (tertiary/aromatic N) is 4. The third-order valence-electron chi connectivity index (χ3n) is 6.86. The summed E-state index contributed by atoms with van der Waals surface area (Å²) in [6.07, 6.45) is 1.08. The van der Waals surface area contributed by atoms with Crippen LogP contribution in [0.3, 0.4) is 0 Å². The second-order valence-electron chi connectivity index (χ2n) is 9.53. The summed E-state index contributed by atoms with van der Waals surface area (Å²) in [6, 6.07) is 17.0. The molecule has 0 radical (unpaired) electrons. The van der Waals surface area contributed by atoms with E-state index in [4.69, 9.17) is 18.4 Å². The highest BCUT2D eigenvalue weighted by Gasteiger charge is 2.51. The first-order valence-corrected chi connectivity index (χ1v) is 12.6. The van der Waals surface area contributed by atoms with E-state index in [0.29, 0.717) is 31.2 Å². The Balaban J connectivity index is 1.18. The molecule has 1 aliphatic rings. The highest BCUT2D eigenvalue weighted by atomic mass is 16.5. The van der Waals surface area contributed by atoms with Gasteiger partial charge in [-0.15, -0.1) is 10.2 Å². The zero-order valence-corrected chi connectivity index (χ0v) is 22.1. The second-order valence-corrected chi connectivity index (χ2v) is 9.53. The molecule has 0 bridgehead atoms. The van der Waals surface area contributed by atoms with Crippen molar-refractivity contribution in [3.63, 3.8) is 0 Å². The van der Waals surface area contributed by atoms with Crippen LogP contribution in [-0.4, -0.2) is 51.5 Å². The van der Waals surface area contributed by atoms with Gasteiger partial charge in [0, 0.05) is 24.5 Å². The number of hydrogen-bond donors (Lipinski definition) is 2. The molecule has 0 aliphatic heterocycles. The molecule has 12 heteroatoms. The standard InChI is InChI=1S/C28H26N6O6/c1-16-31-32-26(39-16)22-13-18-12-20(37-2)8-9-21(18)34(22)19-6-4-17(5-7-19)15-29-27(36)28(10-11-28)30-25(35)23-14-24(38-3)33-40-23/h4-9,12-14H,10-11,15H2,1-3H3,(H,29,36)(H,30,35). The van der Waals surface area contributed by atoms with Crippen molar-refractivity contribution >= 4 is 22.7 Å². The molecule has 0 saturated heterocycles. The van der Waals surface area contributed by atoms with Crippen LogP contribution < -0.4 is 20.1 Å². The third kappa shape index (κ3) is 4.64. The van der Waals surface area contributed by atoms with Gasteiger partial charge in [-0.05, 0) is 60.0 Å². The maximum absolute atomic E-state index is 13.0. The fraction of sp³-hybridized carbons (Fsp3) is 0.250. The first-order chi connectivity index (χ1) is 19.4. The van der Waals surface area contributed by atoms with Gasteiger partial charge in [-0.25, -0.2) is 0 Å². The fourth-order valence-electron chi connectivity index (χ4n) is 4.55. The molecule has 1 fully saturated rings. The molecule has 40 heavy (non-hydrogen) atoms. The number of carbonyl (C=O) groups excluding carboxylic acids is 2. The summed E-state index contributed by atoms with van der Waals surface area (Å²) in [6.45, 7) is 2.05. The zero-order valence-electron chi connectivity index (χ0n) is 22.1. The molecule has 0 spiro atoms. The minimum absolute atomic E-state index is 0.0162. The lowest BCUT2D eigenvalue weighted by Gasteiger charge is -2.16. The summed E-state index contributed by atoms with van der Waals surface area (Å²) in [7, 11) is 3.05. The normalized spacial score (nSPS) is 13.7. The Morgan fingerprint density at radius 2 is 1.82 bits per heavy atom. The highest BCUT2D eigenvalue weighted by Crippen LogP contribution is 2.36. The number of hydrogen-bond acceptors (Lipinski definition) is 9. The van der Waals surface area contributed by atoms with E-state index in [-0.39, 0.29) is 17.5 Å². The maximum atomic E-state index is 13.0. The monoisotopic (exact) mass is 542 g/mol. The number of nitrogens with one attached hydrogen (secondary N) is 2. The van der Waals surface area contributed by atoms with Gasteiger partial charge in [-0.1, -0.05) is 12.1 Å². The van der Waals surface area contributed by atoms with Gasteiger partial charge in [0.15, 0.2) is 0 Å². The SMILES string of the molecule is COc1ccc2c(c1)cc(-c1nnc(C)o1)n2-c1ccc(CNC(=O)C2(NC(=O)c3cc(OC)no3)CC2)cc1. The molecule has 3 aromatic heterocycles. The molecular formula is C28H26N6O6. The first-order valence-electron chi connectivity index (χ1n) is 12.6. The van der Waals surface area contributed by atoms with Crippen molar-refractivity contribution in [3.05, 3.63) is 71.8 Å². The Labute approximate surface area is 228 Å². The summed E-state index contributed by atoms with van der Waals surface area (Å²) in [5.41, 5.74) is 2.52. The number of ether oxygens (including phenoxy) is 2. The van der Waals surface area contributed by atoms with Gasteiger partial charge >= 0.3 is 0 Å². The molecule has 2 N–H and O–H groups in total. The van der Waals surface area contributed by atoms with Gasteiger partial charge in [-0.2, -0.15) is 0 Å². The zero-order chi connectivity index (χ0) is 27.9. The van der Waals surface area contributed by atoms with Crippen molar-refractivity contribution in [1.82, 2.24) is 30.6 Å². The number of fused-ring (bicyclic) bond motifs is 1. The molecule has 5 aromatic rings. The molecule has 12 nitrogen and oxygen atoms in total. The van der Waals surface area contributed by atoms with Crippen LogP contribution in [0.1, 0.15) is 34.9 Å². The van der Waals surface area contributed by atoms with E-state index in [1.165, 1.54) is 13.2 Å². The van der Waals surface area contributed by atoms with Crippen LogP contribution in [0.25, 0.3) is 28.2 Å². The van der Waals surface area contributed by atoms with Gasteiger partial charge in [0.25, 0.3) is 17.7 Å². The molecule has 0 atom stereocenters. The van der Waals surface area contributed by atoms with Gasteiger partial charge < -0.3 is 33.6 Å². The number of carbonyl (C=O) groups is 2. The van der Waals surface area contributed by atoms with Crippen molar-refractivity contribution in [2.45, 2.75) is 31.8 Å². The van der Waals surface area contributed by atoms with Gasteiger partial charge in [0.1, 0.15) is 17.0 Å². The van der Waals surface area contributed by atoms with Crippen molar-refractivity contribution < 1.29 is 28.0 Å². The van der Waals surface area contributed by atoms with Crippen molar-refractivity contribution in [2.75, 3.05) is 14.2 Å². The average molecular weight is 543 g/mol. The van der Waals surface area contributed by atoms with Crippen LogP contribution in [0.4, 0.5) is 0 Å². The predicted octanol–water partition coefficient (Wildman–Crippen LogP) is 3.57. The van der Waals surface area contributed by atoms with E-state index in [2.05, 4.69) is 26.0 Å². The maximum Gasteiger partial charge on any atom is 0.290 e. The molecule has 2 aromatic carbocycles. The molecule has 204 valence electrons. The van der Waals surface area contributed by atoms with Crippen molar-refractivity contribution in [3.8, 4) is 28.9 Å². The van der Waals surface area contributed by atoms with E-state index in [1.807, 2.05) is 53.1 Å². The predicted molar refractivity (Wildman–Crippen MR) is 142 cm³/mol. The number of aromatic nitrogens is 4. The number of methoxy groups -OCH3 is 2. The summed E-state index contributed by atoms with van der Waals surface area (Å²) < 4.78 is 23.1. The fourth-order valence-corrected chi connectivity index (χ4v) is 4.55. The third-order valence-corrected chi connectivity index (χ3v) is 6.86. The Bertz CT molecular complexity index is 1710. The van der Waals surface area contributed by atoms with Crippen LogP contribution in [-0.2, 0) is 11.3 Å². The summed E-state index contributed by atoms with van der Waals surface area (Å²) in [4.78, 5) is 25.5. The lowest BCUT2D eigenvalue weighted by Crippen LogP contribution is -2.48. The minimum atomic E-state index is -0.959. The van der Waals surface area contributed by atoms with Crippen LogP contribution >= 0.6 is 0 Å². The Hall–Kier alpha value is -5.13. The van der Waals surface area contributed by atoms with Crippen LogP contribution in [0.2, 0.25) is 0 Å². The molecule has 0 unspecified atom stereocenters. The number of rotatable bonds is 9. The lowest BCUT2D eigenvalue weighted by atomic mass is 10.1. The molecule has 6 rings (SSSR count). The van der Waals surface area contributed by atoms with Crippen LogP contribution in [0, 0.1) is 6.92 Å². The summed E-state index contributed by atoms with van der Waals surface area (Å²) in [5, 5.41) is 18.5. The van der Waals surface area contributed by atoms with Crippen molar-refractivity contribution in [1.29, 1.82) is 0 Å². The van der Waals surface area contributed by atoms with Crippen molar-refractivity contribution in [2.24, 2.45) is 0 Å². The Kier molecular flexibility index (Phi) is 6.21. The number of benzene rings is 2. The van der Waals surface area contributed by atoms with E-state index in [1.54, 1.807) is 14.0 Å². The molecule has 1 aliphatic carbocycles. The van der Waals surface area contributed by atoms with Gasteiger partial charge in [-0.3, -0.25) is 9.59 Å². The van der Waals surface area contributed by atoms with Gasteiger partial charge in [0.2, 0.25) is 17.6 Å². The summed E-state index contributed by atoms with van der Waals surface area (Å²) in [5.74, 6) is 1.03. The quantitative estimate of drug-likeness (QED) is 0.285. The lowest BCUT2D eigenvalue weighted by molar-refractivity contribution is -0.124. The Morgan fingerprint density at radius 1 is 1.02 bits per heavy atom. The molecule has 3 heterocycles. The van der Waals surface area contributed by atoms with Crippen LogP contribution in [0.5, 0.6) is 11.6 Å². The number of aryl methyl sites for hydroxylation is 1. The topological polar surface area (TPSA) is 147 Å². The number of amides is 2. The second kappa shape index (κ2) is 9.88. The minimum Gasteiger partial charge on any atom is -0.497 e. The highest BCUT2D eigenvalue weighted by molar-refractivity contribution is 5.99. The average Bonchev–Trinajstić information content (AvgIpc) is 3.30. The van der Waals surface area contributed by atoms with E-state index < -0.39 is 11.4 Å². The van der Waals surface area contributed by atoms with Gasteiger partial charge in [0.05, 0.1) is 25.8 Å². The van der Waals surface area contributed by atoms with E-state index in [9.17, 15) is 9.59 Å². The Morgan fingerprint density at radius 3 is 2.48 bits per heavy atom. The smallest absolute Gasteiger partial charge is 0.290 e. The largest absolute Gasteiger partial charge is 0.497 e. The molecule has 1 saturated carbocycles. The van der Waals surface area contributed by atoms with Crippen LogP contribution in [0.15, 0.2) is 63.5 Å². The summed E-state index contributed by atoms with van der Waals surface area (Å²) >= 11 is 0. The molecule has 2 amide bonds. The van der Waals surface area contributed by atoms with E-state index in [0.717, 1.165) is 33.6 Å². The molecular weight excluding hydrogens is 516 g/mol. The first kappa shape index (κ1) is 25.2. The van der Waals surface area contributed by atoms with E-state index >= 15 is 0 Å².